The molecule has 0 saturated carbocycles. The highest BCUT2D eigenvalue weighted by molar-refractivity contribution is 7.71. The van der Waals surface area contributed by atoms with Crippen LogP contribution >= 0.6 is 12.2 Å². The Balaban J connectivity index is 2.55. The fourth-order valence-electron chi connectivity index (χ4n) is 2.04. The number of nitrogens with one attached hydrogen (secondary N) is 2. The molecular formula is C14H20N4OS. The third kappa shape index (κ3) is 2.75. The van der Waals surface area contributed by atoms with E-state index in [-0.39, 0.29) is 11.0 Å². The van der Waals surface area contributed by atoms with E-state index in [0.29, 0.717) is 16.2 Å². The van der Waals surface area contributed by atoms with E-state index in [0.717, 1.165) is 18.7 Å². The summed E-state index contributed by atoms with van der Waals surface area (Å²) in [5.41, 5.74) is 1.22. The van der Waals surface area contributed by atoms with Gasteiger partial charge in [-0.15, -0.1) is 0 Å². The van der Waals surface area contributed by atoms with Crippen LogP contribution < -0.4 is 5.56 Å². The average Bonchev–Trinajstić information content (AvgIpc) is 2.71. The average molecular weight is 292 g/mol. The molecule has 0 aromatic carbocycles. The minimum atomic E-state index is -0.135. The lowest BCUT2D eigenvalue weighted by Crippen LogP contribution is -2.21. The van der Waals surface area contributed by atoms with Gasteiger partial charge in [-0.05, 0) is 30.8 Å². The summed E-state index contributed by atoms with van der Waals surface area (Å²) in [6, 6.07) is 3.75. The van der Waals surface area contributed by atoms with Gasteiger partial charge in [0.1, 0.15) is 0 Å². The first-order valence-electron chi connectivity index (χ1n) is 6.74. The lowest BCUT2D eigenvalue weighted by molar-refractivity contribution is 0.567. The van der Waals surface area contributed by atoms with Gasteiger partial charge in [-0.25, -0.2) is 0 Å². The molecule has 5 nitrogen and oxygen atoms in total. The molecule has 0 aliphatic rings. The minimum absolute atomic E-state index is 0.0914. The maximum Gasteiger partial charge on any atom is 0.259 e. The van der Waals surface area contributed by atoms with Gasteiger partial charge in [0.15, 0.2) is 10.6 Å². The summed E-state index contributed by atoms with van der Waals surface area (Å²) < 4.78 is 2.40. The fourth-order valence-corrected chi connectivity index (χ4v) is 2.26. The van der Waals surface area contributed by atoms with Crippen molar-refractivity contribution in [2.24, 2.45) is 0 Å². The van der Waals surface area contributed by atoms with Crippen LogP contribution in [0.4, 0.5) is 0 Å². The molecule has 0 fully saturated rings. The van der Waals surface area contributed by atoms with Gasteiger partial charge < -0.3 is 9.55 Å². The van der Waals surface area contributed by atoms with Crippen molar-refractivity contribution in [3.05, 3.63) is 33.0 Å². The van der Waals surface area contributed by atoms with Crippen LogP contribution in [0.25, 0.3) is 11.4 Å². The summed E-state index contributed by atoms with van der Waals surface area (Å²) in [7, 11) is 0. The zero-order valence-corrected chi connectivity index (χ0v) is 13.1. The third-order valence-corrected chi connectivity index (χ3v) is 3.48. The van der Waals surface area contributed by atoms with Crippen LogP contribution in [0, 0.1) is 4.77 Å². The minimum Gasteiger partial charge on any atom is -0.325 e. The first-order valence-corrected chi connectivity index (χ1v) is 7.14. The molecule has 0 aliphatic heterocycles. The molecule has 0 unspecified atom stereocenters. The highest BCUT2D eigenvalue weighted by atomic mass is 32.1. The van der Waals surface area contributed by atoms with E-state index in [2.05, 4.69) is 42.9 Å². The zero-order valence-electron chi connectivity index (χ0n) is 12.3. The molecule has 6 heteroatoms. The fraction of sp³-hybridized carbons (Fsp3) is 0.500. The van der Waals surface area contributed by atoms with Crippen molar-refractivity contribution in [2.75, 3.05) is 0 Å². The number of aromatic nitrogens is 4. The summed E-state index contributed by atoms with van der Waals surface area (Å²) in [5, 5.41) is 6.94. The van der Waals surface area contributed by atoms with E-state index in [9.17, 15) is 4.79 Å². The highest BCUT2D eigenvalue weighted by Crippen LogP contribution is 2.20. The molecule has 2 N–H and O–H groups in total. The van der Waals surface area contributed by atoms with Crippen molar-refractivity contribution in [1.29, 1.82) is 0 Å². The molecule has 108 valence electrons. The molecule has 20 heavy (non-hydrogen) atoms. The number of nitrogens with zero attached hydrogens (tertiary/aromatic N) is 2. The van der Waals surface area contributed by atoms with Crippen molar-refractivity contribution in [1.82, 2.24) is 19.7 Å². The Labute approximate surface area is 123 Å². The van der Waals surface area contributed by atoms with E-state index in [1.54, 1.807) is 0 Å². The van der Waals surface area contributed by atoms with Gasteiger partial charge in [0.05, 0.1) is 5.56 Å². The summed E-state index contributed by atoms with van der Waals surface area (Å²) in [4.78, 5) is 15.2. The van der Waals surface area contributed by atoms with E-state index in [1.807, 2.05) is 16.7 Å². The maximum atomic E-state index is 12.3. The predicted octanol–water partition coefficient (Wildman–Crippen LogP) is 3.00. The molecule has 0 atom stereocenters. The van der Waals surface area contributed by atoms with Gasteiger partial charge in [0.25, 0.3) is 5.56 Å². The number of pyridine rings is 1. The molecule has 0 radical (unpaired) electrons. The third-order valence-electron chi connectivity index (χ3n) is 3.16. The van der Waals surface area contributed by atoms with E-state index < -0.39 is 0 Å². The maximum absolute atomic E-state index is 12.3. The summed E-state index contributed by atoms with van der Waals surface area (Å²) in [6.07, 6.45) is 0.929. The standard InChI is InChI=1S/C14H20N4OS/c1-5-8-18-11(16-17-13(18)20)9-6-7-10(14(2,3)4)15-12(9)19/h6-7H,5,8H2,1-4H3,(H,15,19)(H,17,20). The Morgan fingerprint density at radius 2 is 2.05 bits per heavy atom. The number of aromatic amines is 2. The van der Waals surface area contributed by atoms with Crippen molar-refractivity contribution in [2.45, 2.75) is 46.1 Å². The van der Waals surface area contributed by atoms with E-state index in [4.69, 9.17) is 12.2 Å². The second-order valence-corrected chi connectivity index (χ2v) is 6.26. The highest BCUT2D eigenvalue weighted by Gasteiger charge is 2.17. The van der Waals surface area contributed by atoms with E-state index in [1.165, 1.54) is 0 Å². The van der Waals surface area contributed by atoms with Gasteiger partial charge in [-0.2, -0.15) is 5.10 Å². The first-order chi connectivity index (χ1) is 9.34. The molecule has 0 bridgehead atoms. The van der Waals surface area contributed by atoms with Gasteiger partial charge >= 0.3 is 0 Å². The largest absolute Gasteiger partial charge is 0.325 e. The van der Waals surface area contributed by atoms with Gasteiger partial charge in [0.2, 0.25) is 0 Å². The summed E-state index contributed by atoms with van der Waals surface area (Å²) >= 11 is 5.20. The summed E-state index contributed by atoms with van der Waals surface area (Å²) in [6.45, 7) is 8.98. The van der Waals surface area contributed by atoms with Crippen molar-refractivity contribution in [3.8, 4) is 11.4 Å². The second kappa shape index (κ2) is 5.36. The Kier molecular flexibility index (Phi) is 3.94. The quantitative estimate of drug-likeness (QED) is 0.855. The lowest BCUT2D eigenvalue weighted by Gasteiger charge is -2.18. The Bertz CT molecular complexity index is 718. The Hall–Kier alpha value is -1.69. The van der Waals surface area contributed by atoms with Crippen LogP contribution in [-0.4, -0.2) is 19.7 Å². The molecule has 2 rings (SSSR count). The SMILES string of the molecule is CCCn1c(-c2ccc(C(C)(C)C)[nH]c2=O)n[nH]c1=S. The Morgan fingerprint density at radius 3 is 2.60 bits per heavy atom. The van der Waals surface area contributed by atoms with Crippen molar-refractivity contribution >= 4 is 12.2 Å². The van der Waals surface area contributed by atoms with Crippen LogP contribution in [0.1, 0.15) is 39.8 Å². The normalized spacial score (nSPS) is 11.8. The van der Waals surface area contributed by atoms with Crippen molar-refractivity contribution < 1.29 is 0 Å². The molecule has 0 amide bonds. The smallest absolute Gasteiger partial charge is 0.259 e. The molecule has 0 aliphatic carbocycles. The molecular weight excluding hydrogens is 272 g/mol. The number of H-pyrrole nitrogens is 2. The van der Waals surface area contributed by atoms with Gasteiger partial charge in [-0.3, -0.25) is 9.89 Å². The number of hydrogen-bond acceptors (Lipinski definition) is 3. The first kappa shape index (κ1) is 14.7. The lowest BCUT2D eigenvalue weighted by atomic mass is 9.91. The topological polar surface area (TPSA) is 66.5 Å². The molecule has 0 spiro atoms. The number of hydrogen-bond donors (Lipinski definition) is 2. The Morgan fingerprint density at radius 1 is 1.35 bits per heavy atom. The molecule has 0 saturated heterocycles. The zero-order chi connectivity index (χ0) is 14.9. The van der Waals surface area contributed by atoms with Crippen LogP contribution in [0.5, 0.6) is 0 Å². The second-order valence-electron chi connectivity index (χ2n) is 5.87. The molecule has 2 aromatic rings. The van der Waals surface area contributed by atoms with Crippen LogP contribution in [0.2, 0.25) is 0 Å². The van der Waals surface area contributed by atoms with Crippen LogP contribution in [0.15, 0.2) is 16.9 Å². The molecule has 2 aromatic heterocycles. The monoisotopic (exact) mass is 292 g/mol. The van der Waals surface area contributed by atoms with Gasteiger partial charge in [0, 0.05) is 17.7 Å². The number of rotatable bonds is 3. The summed E-state index contributed by atoms with van der Waals surface area (Å²) in [5.74, 6) is 0.596. The predicted molar refractivity (Wildman–Crippen MR) is 82.5 cm³/mol. The van der Waals surface area contributed by atoms with E-state index >= 15 is 0 Å². The molecule has 2 heterocycles. The van der Waals surface area contributed by atoms with Crippen LogP contribution in [-0.2, 0) is 12.0 Å². The van der Waals surface area contributed by atoms with Crippen LogP contribution in [0.3, 0.4) is 0 Å². The van der Waals surface area contributed by atoms with Crippen molar-refractivity contribution in [3.63, 3.8) is 0 Å². The van der Waals surface area contributed by atoms with Gasteiger partial charge in [-0.1, -0.05) is 27.7 Å².